The first kappa shape index (κ1) is 14.7. The third kappa shape index (κ3) is 3.91. The summed E-state index contributed by atoms with van der Waals surface area (Å²) in [7, 11) is 1.38. The normalized spacial score (nSPS) is 10.5. The van der Waals surface area contributed by atoms with Gasteiger partial charge in [0, 0.05) is 30.0 Å². The van der Waals surface area contributed by atoms with E-state index in [2.05, 4.69) is 31.1 Å². The molecule has 1 aromatic carbocycles. The fourth-order valence-corrected chi connectivity index (χ4v) is 2.30. The van der Waals surface area contributed by atoms with Gasteiger partial charge in [0.2, 0.25) is 0 Å². The average Bonchev–Trinajstić information content (AvgIpc) is 2.97. The summed E-state index contributed by atoms with van der Waals surface area (Å²) in [5.41, 5.74) is 1.64. The Labute approximate surface area is 126 Å². The summed E-state index contributed by atoms with van der Waals surface area (Å²) in [5, 5.41) is 7.47. The van der Waals surface area contributed by atoms with Crippen LogP contribution in [0.15, 0.2) is 41.1 Å². The number of nitrogens with one attached hydrogen (secondary N) is 1. The highest BCUT2D eigenvalue weighted by Gasteiger charge is 2.08. The Morgan fingerprint density at radius 1 is 1.50 bits per heavy atom. The monoisotopic (exact) mass is 337 g/mol. The van der Waals surface area contributed by atoms with E-state index in [1.54, 1.807) is 18.3 Å². The largest absolute Gasteiger partial charge is 0.465 e. The molecule has 0 spiro atoms. The minimum atomic E-state index is -0.330. The number of hydrogen-bond donors (Lipinski definition) is 1. The predicted octanol–water partition coefficient (Wildman–Crippen LogP) is 2.22. The van der Waals surface area contributed by atoms with Crippen LogP contribution in [0.3, 0.4) is 0 Å². The van der Waals surface area contributed by atoms with E-state index in [0.717, 1.165) is 29.7 Å². The van der Waals surface area contributed by atoms with Gasteiger partial charge >= 0.3 is 5.97 Å². The number of hydrogen-bond acceptors (Lipinski definition) is 4. The molecule has 1 aromatic heterocycles. The van der Waals surface area contributed by atoms with E-state index in [0.29, 0.717) is 5.56 Å². The van der Waals surface area contributed by atoms with Gasteiger partial charge in [-0.25, -0.2) is 4.79 Å². The molecule has 2 rings (SSSR count). The first-order valence-corrected chi connectivity index (χ1v) is 7.05. The summed E-state index contributed by atoms with van der Waals surface area (Å²) in [6, 6.07) is 7.36. The smallest absolute Gasteiger partial charge is 0.337 e. The zero-order chi connectivity index (χ0) is 14.4. The molecule has 0 saturated carbocycles. The second-order valence-corrected chi connectivity index (χ2v) is 5.10. The maximum absolute atomic E-state index is 11.4. The number of carbonyl (C=O) groups is 1. The van der Waals surface area contributed by atoms with Gasteiger partial charge < -0.3 is 10.1 Å². The molecule has 0 atom stereocenters. The van der Waals surface area contributed by atoms with Crippen LogP contribution in [0, 0.1) is 0 Å². The topological polar surface area (TPSA) is 56.1 Å². The van der Waals surface area contributed by atoms with Crippen LogP contribution in [0.25, 0.3) is 0 Å². The molecule has 20 heavy (non-hydrogen) atoms. The van der Waals surface area contributed by atoms with Crippen molar-refractivity contribution in [2.24, 2.45) is 0 Å². The molecule has 0 aliphatic rings. The molecule has 0 fully saturated rings. The SMILES string of the molecule is COC(=O)c1ccc(CNCCn2cccn2)c(Br)c1. The summed E-state index contributed by atoms with van der Waals surface area (Å²) < 4.78 is 7.46. The standard InChI is InChI=1S/C14H16BrN3O2/c1-20-14(19)11-3-4-12(13(15)9-11)10-16-6-8-18-7-2-5-17-18/h2-5,7,9,16H,6,8,10H2,1H3. The first-order chi connectivity index (χ1) is 9.70. The summed E-state index contributed by atoms with van der Waals surface area (Å²) >= 11 is 3.47. The van der Waals surface area contributed by atoms with Gasteiger partial charge in [0.05, 0.1) is 19.2 Å². The molecule has 0 saturated heterocycles. The molecule has 5 nitrogen and oxygen atoms in total. The van der Waals surface area contributed by atoms with Crippen molar-refractivity contribution in [2.45, 2.75) is 13.1 Å². The van der Waals surface area contributed by atoms with E-state index in [-0.39, 0.29) is 5.97 Å². The Morgan fingerprint density at radius 3 is 3.00 bits per heavy atom. The van der Waals surface area contributed by atoms with Crippen molar-refractivity contribution in [1.29, 1.82) is 0 Å². The van der Waals surface area contributed by atoms with Gasteiger partial charge in [0.15, 0.2) is 0 Å². The van der Waals surface area contributed by atoms with Crippen LogP contribution in [0.2, 0.25) is 0 Å². The molecule has 1 N–H and O–H groups in total. The fourth-order valence-electron chi connectivity index (χ4n) is 1.78. The van der Waals surface area contributed by atoms with Crippen molar-refractivity contribution in [3.8, 4) is 0 Å². The van der Waals surface area contributed by atoms with E-state index in [9.17, 15) is 4.79 Å². The highest BCUT2D eigenvalue weighted by Crippen LogP contribution is 2.19. The Kier molecular flexibility index (Phi) is 5.31. The molecule has 0 aliphatic carbocycles. The molecular weight excluding hydrogens is 322 g/mol. The lowest BCUT2D eigenvalue weighted by atomic mass is 10.1. The van der Waals surface area contributed by atoms with Crippen molar-refractivity contribution >= 4 is 21.9 Å². The van der Waals surface area contributed by atoms with Gasteiger partial charge in [0.1, 0.15) is 0 Å². The van der Waals surface area contributed by atoms with E-state index < -0.39 is 0 Å². The molecule has 0 aliphatic heterocycles. The molecule has 0 amide bonds. The van der Waals surface area contributed by atoms with Crippen molar-refractivity contribution in [1.82, 2.24) is 15.1 Å². The molecule has 1 heterocycles. The van der Waals surface area contributed by atoms with Crippen molar-refractivity contribution in [3.63, 3.8) is 0 Å². The van der Waals surface area contributed by atoms with E-state index >= 15 is 0 Å². The number of esters is 1. The average molecular weight is 338 g/mol. The van der Waals surface area contributed by atoms with Crippen LogP contribution < -0.4 is 5.32 Å². The molecule has 0 bridgehead atoms. The van der Waals surface area contributed by atoms with E-state index in [1.165, 1.54) is 7.11 Å². The minimum Gasteiger partial charge on any atom is -0.465 e. The van der Waals surface area contributed by atoms with Crippen LogP contribution in [0.4, 0.5) is 0 Å². The van der Waals surface area contributed by atoms with E-state index in [4.69, 9.17) is 0 Å². The van der Waals surface area contributed by atoms with Gasteiger partial charge in [-0.1, -0.05) is 22.0 Å². The Bertz CT molecular complexity index is 570. The maximum atomic E-state index is 11.4. The highest BCUT2D eigenvalue weighted by atomic mass is 79.9. The zero-order valence-electron chi connectivity index (χ0n) is 11.2. The van der Waals surface area contributed by atoms with Crippen LogP contribution in [0.1, 0.15) is 15.9 Å². The molecule has 0 unspecified atom stereocenters. The van der Waals surface area contributed by atoms with Gasteiger partial charge in [-0.3, -0.25) is 4.68 Å². The Balaban J connectivity index is 1.85. The maximum Gasteiger partial charge on any atom is 0.337 e. The Morgan fingerprint density at radius 2 is 2.35 bits per heavy atom. The quantitative estimate of drug-likeness (QED) is 0.648. The number of methoxy groups -OCH3 is 1. The van der Waals surface area contributed by atoms with E-state index in [1.807, 2.05) is 23.0 Å². The van der Waals surface area contributed by atoms with Crippen molar-refractivity contribution in [2.75, 3.05) is 13.7 Å². The second kappa shape index (κ2) is 7.21. The molecule has 6 heteroatoms. The van der Waals surface area contributed by atoms with Crippen LogP contribution in [0.5, 0.6) is 0 Å². The number of ether oxygens (including phenoxy) is 1. The van der Waals surface area contributed by atoms with Crippen molar-refractivity contribution < 1.29 is 9.53 Å². The molecular formula is C14H16BrN3O2. The zero-order valence-corrected chi connectivity index (χ0v) is 12.8. The summed E-state index contributed by atoms with van der Waals surface area (Å²) in [6.07, 6.45) is 3.70. The van der Waals surface area contributed by atoms with Crippen LogP contribution in [-0.2, 0) is 17.8 Å². The number of benzene rings is 1. The predicted molar refractivity (Wildman–Crippen MR) is 79.4 cm³/mol. The van der Waals surface area contributed by atoms with Gasteiger partial charge in [-0.2, -0.15) is 5.10 Å². The third-order valence-corrected chi connectivity index (χ3v) is 3.60. The number of aromatic nitrogens is 2. The Hall–Kier alpha value is -1.66. The lowest BCUT2D eigenvalue weighted by molar-refractivity contribution is 0.0600. The molecule has 2 aromatic rings. The lowest BCUT2D eigenvalue weighted by Crippen LogP contribution is -2.20. The number of carbonyl (C=O) groups excluding carboxylic acids is 1. The minimum absolute atomic E-state index is 0.330. The fraction of sp³-hybridized carbons (Fsp3) is 0.286. The summed E-state index contributed by atoms with van der Waals surface area (Å²) in [6.45, 7) is 2.38. The number of halogens is 1. The lowest BCUT2D eigenvalue weighted by Gasteiger charge is -2.08. The molecule has 106 valence electrons. The third-order valence-electron chi connectivity index (χ3n) is 2.87. The summed E-state index contributed by atoms with van der Waals surface area (Å²) in [4.78, 5) is 11.4. The van der Waals surface area contributed by atoms with Gasteiger partial charge in [-0.15, -0.1) is 0 Å². The van der Waals surface area contributed by atoms with Gasteiger partial charge in [-0.05, 0) is 23.8 Å². The van der Waals surface area contributed by atoms with Crippen LogP contribution >= 0.6 is 15.9 Å². The number of rotatable bonds is 6. The summed E-state index contributed by atoms with van der Waals surface area (Å²) in [5.74, 6) is -0.330. The highest BCUT2D eigenvalue weighted by molar-refractivity contribution is 9.10. The van der Waals surface area contributed by atoms with Crippen LogP contribution in [-0.4, -0.2) is 29.4 Å². The second-order valence-electron chi connectivity index (χ2n) is 4.24. The molecule has 0 radical (unpaired) electrons. The van der Waals surface area contributed by atoms with Crippen molar-refractivity contribution in [3.05, 3.63) is 52.3 Å². The first-order valence-electron chi connectivity index (χ1n) is 6.25. The number of nitrogens with zero attached hydrogens (tertiary/aromatic N) is 2. The van der Waals surface area contributed by atoms with Gasteiger partial charge in [0.25, 0.3) is 0 Å².